The van der Waals surface area contributed by atoms with Gasteiger partial charge >= 0.3 is 0 Å². The number of aliphatic hydroxyl groups is 1. The van der Waals surface area contributed by atoms with Crippen molar-refractivity contribution in [2.24, 2.45) is 0 Å². The standard InChI is InChI=1S/C21H19Cl2FN2O4/c22-16-2-1-3-17(21(16)23)29-12-15(27)10-25-19(28)8-9-20-26-11-18(30-20)13-4-6-14(24)7-5-13/h1-7,11,15,27H,8-10,12H2,(H,25,28). The third-order valence-electron chi connectivity index (χ3n) is 4.13. The van der Waals surface area contributed by atoms with Gasteiger partial charge in [0, 0.05) is 24.9 Å². The molecule has 1 unspecified atom stereocenters. The van der Waals surface area contributed by atoms with Crippen molar-refractivity contribution in [3.63, 3.8) is 0 Å². The lowest BCUT2D eigenvalue weighted by molar-refractivity contribution is -0.121. The highest BCUT2D eigenvalue weighted by Gasteiger charge is 2.12. The summed E-state index contributed by atoms with van der Waals surface area (Å²) in [6.45, 7) is -0.0372. The van der Waals surface area contributed by atoms with Crippen LogP contribution in [0.15, 0.2) is 53.1 Å². The van der Waals surface area contributed by atoms with Crippen molar-refractivity contribution in [3.8, 4) is 17.1 Å². The highest BCUT2D eigenvalue weighted by Crippen LogP contribution is 2.31. The lowest BCUT2D eigenvalue weighted by Gasteiger charge is -2.14. The van der Waals surface area contributed by atoms with E-state index in [4.69, 9.17) is 32.4 Å². The van der Waals surface area contributed by atoms with E-state index in [9.17, 15) is 14.3 Å². The topological polar surface area (TPSA) is 84.6 Å². The molecule has 0 spiro atoms. The predicted octanol–water partition coefficient (Wildman–Crippen LogP) is 4.28. The Morgan fingerprint density at radius 3 is 2.77 bits per heavy atom. The number of nitrogens with one attached hydrogen (secondary N) is 1. The Kier molecular flexibility index (Phi) is 7.68. The van der Waals surface area contributed by atoms with Crippen LogP contribution in [-0.4, -0.2) is 35.3 Å². The summed E-state index contributed by atoms with van der Waals surface area (Å²) in [6, 6.07) is 10.8. The van der Waals surface area contributed by atoms with Crippen molar-refractivity contribution in [2.75, 3.05) is 13.2 Å². The molecule has 3 aromatic rings. The number of rotatable bonds is 9. The Balaban J connectivity index is 1.39. The summed E-state index contributed by atoms with van der Waals surface area (Å²) >= 11 is 11.9. The van der Waals surface area contributed by atoms with Gasteiger partial charge in [-0.3, -0.25) is 4.79 Å². The van der Waals surface area contributed by atoms with E-state index in [1.165, 1.54) is 18.3 Å². The molecular weight excluding hydrogens is 434 g/mol. The maximum absolute atomic E-state index is 13.0. The molecule has 0 aliphatic rings. The van der Waals surface area contributed by atoms with Crippen LogP contribution in [0.1, 0.15) is 12.3 Å². The minimum atomic E-state index is -0.921. The number of amides is 1. The number of halogens is 3. The van der Waals surface area contributed by atoms with Crippen molar-refractivity contribution in [1.29, 1.82) is 0 Å². The van der Waals surface area contributed by atoms with Gasteiger partial charge in [0.15, 0.2) is 11.7 Å². The number of aliphatic hydroxyl groups excluding tert-OH is 1. The van der Waals surface area contributed by atoms with Crippen LogP contribution in [-0.2, 0) is 11.2 Å². The fraction of sp³-hybridized carbons (Fsp3) is 0.238. The molecule has 158 valence electrons. The van der Waals surface area contributed by atoms with Gasteiger partial charge in [0.05, 0.1) is 11.2 Å². The third-order valence-corrected chi connectivity index (χ3v) is 4.93. The molecule has 0 bridgehead atoms. The third kappa shape index (κ3) is 6.19. The van der Waals surface area contributed by atoms with Gasteiger partial charge in [0.2, 0.25) is 5.91 Å². The Bertz CT molecular complexity index is 995. The highest BCUT2D eigenvalue weighted by atomic mass is 35.5. The summed E-state index contributed by atoms with van der Waals surface area (Å²) in [7, 11) is 0. The summed E-state index contributed by atoms with van der Waals surface area (Å²) < 4.78 is 24.0. The first-order chi connectivity index (χ1) is 14.4. The fourth-order valence-electron chi connectivity index (χ4n) is 2.55. The monoisotopic (exact) mass is 452 g/mol. The maximum Gasteiger partial charge on any atom is 0.220 e. The molecule has 30 heavy (non-hydrogen) atoms. The lowest BCUT2D eigenvalue weighted by Crippen LogP contribution is -2.35. The van der Waals surface area contributed by atoms with Crippen molar-refractivity contribution in [3.05, 3.63) is 70.4 Å². The molecule has 0 radical (unpaired) electrons. The van der Waals surface area contributed by atoms with Gasteiger partial charge in [-0.1, -0.05) is 29.3 Å². The van der Waals surface area contributed by atoms with Gasteiger partial charge in [-0.25, -0.2) is 9.37 Å². The van der Waals surface area contributed by atoms with E-state index in [0.29, 0.717) is 28.0 Å². The van der Waals surface area contributed by atoms with Crippen LogP contribution in [0.2, 0.25) is 10.0 Å². The Morgan fingerprint density at radius 1 is 1.23 bits per heavy atom. The van der Waals surface area contributed by atoms with E-state index >= 15 is 0 Å². The molecule has 2 N–H and O–H groups in total. The first kappa shape index (κ1) is 22.1. The number of aryl methyl sites for hydroxylation is 1. The normalized spacial score (nSPS) is 11.9. The molecule has 0 saturated heterocycles. The van der Waals surface area contributed by atoms with Gasteiger partial charge in [-0.05, 0) is 36.4 Å². The van der Waals surface area contributed by atoms with E-state index in [0.717, 1.165) is 0 Å². The molecule has 1 amide bonds. The quantitative estimate of drug-likeness (QED) is 0.506. The molecule has 1 atom stereocenters. The average molecular weight is 453 g/mol. The van der Waals surface area contributed by atoms with Gasteiger partial charge in [0.1, 0.15) is 29.3 Å². The number of aromatic nitrogens is 1. The number of hydrogen-bond donors (Lipinski definition) is 2. The van der Waals surface area contributed by atoms with Crippen LogP contribution in [0.25, 0.3) is 11.3 Å². The van der Waals surface area contributed by atoms with E-state index in [-0.39, 0.29) is 42.7 Å². The second-order valence-corrected chi connectivity index (χ2v) is 7.23. The SMILES string of the molecule is O=C(CCc1ncc(-c2ccc(F)cc2)o1)NCC(O)COc1cccc(Cl)c1Cl. The van der Waals surface area contributed by atoms with Crippen LogP contribution >= 0.6 is 23.2 Å². The summed E-state index contributed by atoms with van der Waals surface area (Å²) in [6.07, 6.45) is 1.04. The van der Waals surface area contributed by atoms with Crippen LogP contribution < -0.4 is 10.1 Å². The van der Waals surface area contributed by atoms with E-state index in [1.807, 2.05) is 0 Å². The summed E-state index contributed by atoms with van der Waals surface area (Å²) in [5, 5.41) is 13.2. The van der Waals surface area contributed by atoms with Crippen LogP contribution in [0.5, 0.6) is 5.75 Å². The molecule has 0 saturated carbocycles. The van der Waals surface area contributed by atoms with Gasteiger partial charge in [-0.2, -0.15) is 0 Å². The number of nitrogens with zero attached hydrogens (tertiary/aromatic N) is 1. The van der Waals surface area contributed by atoms with Crippen LogP contribution in [0, 0.1) is 5.82 Å². The van der Waals surface area contributed by atoms with Crippen LogP contribution in [0.4, 0.5) is 4.39 Å². The summed E-state index contributed by atoms with van der Waals surface area (Å²) in [4.78, 5) is 16.1. The zero-order valence-electron chi connectivity index (χ0n) is 15.8. The fourth-order valence-corrected chi connectivity index (χ4v) is 2.90. The predicted molar refractivity (Wildman–Crippen MR) is 111 cm³/mol. The minimum absolute atomic E-state index is 0.0173. The molecule has 0 fully saturated rings. The highest BCUT2D eigenvalue weighted by molar-refractivity contribution is 6.42. The van der Waals surface area contributed by atoms with Gasteiger partial charge < -0.3 is 19.6 Å². The summed E-state index contributed by atoms with van der Waals surface area (Å²) in [5.74, 6) is 0.645. The molecule has 1 heterocycles. The van der Waals surface area contributed by atoms with Crippen molar-refractivity contribution >= 4 is 29.1 Å². The first-order valence-electron chi connectivity index (χ1n) is 9.14. The average Bonchev–Trinajstić information content (AvgIpc) is 3.21. The lowest BCUT2D eigenvalue weighted by atomic mass is 10.2. The molecule has 1 aromatic heterocycles. The van der Waals surface area contributed by atoms with Crippen molar-refractivity contribution in [2.45, 2.75) is 18.9 Å². The van der Waals surface area contributed by atoms with E-state index in [1.54, 1.807) is 30.3 Å². The van der Waals surface area contributed by atoms with Crippen LogP contribution in [0.3, 0.4) is 0 Å². The molecule has 3 rings (SSSR count). The molecule has 0 aliphatic heterocycles. The summed E-state index contributed by atoms with van der Waals surface area (Å²) in [5.41, 5.74) is 0.697. The van der Waals surface area contributed by atoms with E-state index < -0.39 is 6.10 Å². The largest absolute Gasteiger partial charge is 0.489 e. The van der Waals surface area contributed by atoms with Crippen molar-refractivity contribution < 1.29 is 23.4 Å². The molecule has 6 nitrogen and oxygen atoms in total. The smallest absolute Gasteiger partial charge is 0.220 e. The number of hydrogen-bond acceptors (Lipinski definition) is 5. The maximum atomic E-state index is 13.0. The number of benzene rings is 2. The minimum Gasteiger partial charge on any atom is -0.489 e. The number of carbonyl (C=O) groups is 1. The second-order valence-electron chi connectivity index (χ2n) is 6.45. The zero-order valence-corrected chi connectivity index (χ0v) is 17.3. The zero-order chi connectivity index (χ0) is 21.5. The molecule has 0 aliphatic carbocycles. The first-order valence-corrected chi connectivity index (χ1v) is 9.90. The van der Waals surface area contributed by atoms with E-state index in [2.05, 4.69) is 10.3 Å². The molecule has 9 heteroatoms. The number of oxazole rings is 1. The second kappa shape index (κ2) is 10.4. The Labute approximate surface area is 182 Å². The Hall–Kier alpha value is -2.61. The molecule has 2 aromatic carbocycles. The van der Waals surface area contributed by atoms with Gasteiger partial charge in [-0.15, -0.1) is 0 Å². The Morgan fingerprint density at radius 2 is 2.00 bits per heavy atom. The molecular formula is C21H19Cl2FN2O4. The number of ether oxygens (including phenoxy) is 1. The van der Waals surface area contributed by atoms with Gasteiger partial charge in [0.25, 0.3) is 0 Å². The number of carbonyl (C=O) groups excluding carboxylic acids is 1. The van der Waals surface area contributed by atoms with Crippen molar-refractivity contribution in [1.82, 2.24) is 10.3 Å².